The van der Waals surface area contributed by atoms with Crippen molar-refractivity contribution in [2.75, 3.05) is 13.2 Å². The second kappa shape index (κ2) is 8.57. The van der Waals surface area contributed by atoms with Crippen molar-refractivity contribution < 1.29 is 13.5 Å². The number of benzene rings is 1. The number of nitrogens with one attached hydrogen (secondary N) is 2. The van der Waals surface area contributed by atoms with Gasteiger partial charge in [0.25, 0.3) is 11.5 Å². The highest BCUT2D eigenvalue weighted by Gasteiger charge is 2.60. The Morgan fingerprint density at radius 1 is 1.21 bits per heavy atom. The number of fused-ring (bicyclic) bond motifs is 1. The molecule has 1 saturated heterocycles. The lowest BCUT2D eigenvalue weighted by atomic mass is 9.61. The van der Waals surface area contributed by atoms with Crippen LogP contribution in [0, 0.1) is 0 Å². The maximum Gasteiger partial charge on any atom is 0.279 e. The number of hydrogen-bond donors (Lipinski definition) is 2. The molecule has 38 heavy (non-hydrogen) atoms. The van der Waals surface area contributed by atoms with Gasteiger partial charge >= 0.3 is 0 Å². The van der Waals surface area contributed by atoms with Crippen LogP contribution >= 0.6 is 0 Å². The summed E-state index contributed by atoms with van der Waals surface area (Å²) in [4.78, 5) is 17.1. The van der Waals surface area contributed by atoms with Crippen molar-refractivity contribution in [1.29, 1.82) is 0 Å². The van der Waals surface area contributed by atoms with Gasteiger partial charge in [0.2, 0.25) is 0 Å². The van der Waals surface area contributed by atoms with Gasteiger partial charge in [-0.1, -0.05) is 12.1 Å². The van der Waals surface area contributed by atoms with E-state index in [1.807, 2.05) is 30.5 Å². The number of rotatable bonds is 7. The first-order valence-electron chi connectivity index (χ1n) is 13.2. The van der Waals surface area contributed by atoms with Crippen molar-refractivity contribution >= 4 is 10.9 Å². The van der Waals surface area contributed by atoms with Gasteiger partial charge in [0.05, 0.1) is 12.0 Å². The molecule has 1 aromatic carbocycles. The van der Waals surface area contributed by atoms with Crippen LogP contribution in [-0.2, 0) is 23.7 Å². The molecule has 7 rings (SSSR count). The SMILES string of the molecule is Cn1cnnc1C1(c2cccc(-n3cc(C4CC4)c4cc(CNC5CCOC5)[nH]c4c3=O)c2)CC(F)(F)C1. The maximum atomic E-state index is 14.3. The van der Waals surface area contributed by atoms with Crippen molar-refractivity contribution in [3.63, 3.8) is 0 Å². The molecule has 1 unspecified atom stereocenters. The van der Waals surface area contributed by atoms with E-state index in [4.69, 9.17) is 4.74 Å². The first kappa shape index (κ1) is 23.7. The van der Waals surface area contributed by atoms with Crippen molar-refractivity contribution in [2.45, 2.75) is 61.9 Å². The Kier molecular flexibility index (Phi) is 5.35. The molecule has 198 valence electrons. The second-order valence-electron chi connectivity index (χ2n) is 11.2. The van der Waals surface area contributed by atoms with E-state index in [1.54, 1.807) is 16.2 Å². The van der Waals surface area contributed by atoms with E-state index in [0.29, 0.717) is 47.7 Å². The van der Waals surface area contributed by atoms with Crippen molar-refractivity contribution in [3.05, 3.63) is 75.9 Å². The number of aromatic amines is 1. The highest BCUT2D eigenvalue weighted by Crippen LogP contribution is 2.56. The summed E-state index contributed by atoms with van der Waals surface area (Å²) in [5, 5.41) is 12.6. The van der Waals surface area contributed by atoms with Crippen LogP contribution in [0.1, 0.15) is 60.7 Å². The zero-order chi connectivity index (χ0) is 26.1. The third kappa shape index (κ3) is 3.89. The van der Waals surface area contributed by atoms with E-state index in [-0.39, 0.29) is 18.4 Å². The minimum Gasteiger partial charge on any atom is -0.380 e. The standard InChI is InChI=1S/C28H30F2N6O2/c1-35-16-32-34-26(35)27(14-28(29,30)15-27)18-3-2-4-21(9-18)36-12-23(17-5-6-17)22-10-20(33-24(22)25(36)37)11-31-19-7-8-38-13-19/h2-4,9-10,12,16-17,19,31,33H,5-8,11,13-15H2,1H3. The van der Waals surface area contributed by atoms with Gasteiger partial charge in [-0.05, 0) is 54.5 Å². The van der Waals surface area contributed by atoms with Gasteiger partial charge in [-0.3, -0.25) is 9.36 Å². The highest BCUT2D eigenvalue weighted by atomic mass is 19.3. The molecule has 3 aliphatic rings. The molecular formula is C28H30F2N6O2. The summed E-state index contributed by atoms with van der Waals surface area (Å²) in [7, 11) is 1.77. The Labute approximate surface area is 218 Å². The van der Waals surface area contributed by atoms with E-state index in [9.17, 15) is 13.6 Å². The van der Waals surface area contributed by atoms with Crippen LogP contribution in [0.4, 0.5) is 8.78 Å². The Bertz CT molecular complexity index is 1570. The smallest absolute Gasteiger partial charge is 0.279 e. The molecule has 1 atom stereocenters. The van der Waals surface area contributed by atoms with E-state index in [0.717, 1.165) is 42.5 Å². The molecule has 4 aromatic rings. The molecule has 3 aromatic heterocycles. The minimum atomic E-state index is -2.77. The quantitative estimate of drug-likeness (QED) is 0.386. The number of nitrogens with zero attached hydrogens (tertiary/aromatic N) is 4. The highest BCUT2D eigenvalue weighted by molar-refractivity contribution is 5.84. The molecule has 8 nitrogen and oxygen atoms in total. The number of aromatic nitrogens is 5. The summed E-state index contributed by atoms with van der Waals surface area (Å²) in [5.74, 6) is -1.84. The molecule has 2 N–H and O–H groups in total. The molecule has 0 radical (unpaired) electrons. The van der Waals surface area contributed by atoms with Crippen LogP contribution in [-0.4, -0.2) is 49.5 Å². The Morgan fingerprint density at radius 3 is 2.74 bits per heavy atom. The summed E-state index contributed by atoms with van der Waals surface area (Å²) in [6.07, 6.45) is 5.98. The van der Waals surface area contributed by atoms with Gasteiger partial charge in [0.15, 0.2) is 0 Å². The molecule has 3 fully saturated rings. The number of H-pyrrole nitrogens is 1. The number of hydrogen-bond acceptors (Lipinski definition) is 5. The topological polar surface area (TPSA) is 89.8 Å². The lowest BCUT2D eigenvalue weighted by Gasteiger charge is -2.46. The summed E-state index contributed by atoms with van der Waals surface area (Å²) in [6, 6.07) is 9.82. The Hall–Kier alpha value is -3.37. The molecular weight excluding hydrogens is 490 g/mol. The first-order chi connectivity index (χ1) is 18.3. The van der Waals surface area contributed by atoms with Crippen molar-refractivity contribution in [2.24, 2.45) is 7.05 Å². The van der Waals surface area contributed by atoms with E-state index in [2.05, 4.69) is 26.6 Å². The fourth-order valence-electron chi connectivity index (χ4n) is 6.24. The number of aryl methyl sites for hydroxylation is 1. The van der Waals surface area contributed by atoms with Gasteiger partial charge in [-0.15, -0.1) is 10.2 Å². The summed E-state index contributed by atoms with van der Waals surface area (Å²) in [6.45, 7) is 2.12. The van der Waals surface area contributed by atoms with Crippen LogP contribution < -0.4 is 10.9 Å². The lowest BCUT2D eigenvalue weighted by molar-refractivity contribution is -0.116. The van der Waals surface area contributed by atoms with Crippen molar-refractivity contribution in [3.8, 4) is 5.69 Å². The average molecular weight is 521 g/mol. The molecule has 2 saturated carbocycles. The van der Waals surface area contributed by atoms with Crippen LogP contribution in [0.15, 0.2) is 47.7 Å². The maximum absolute atomic E-state index is 14.3. The number of ether oxygens (including phenoxy) is 1. The molecule has 0 spiro atoms. The zero-order valence-electron chi connectivity index (χ0n) is 21.2. The number of halogens is 2. The van der Waals surface area contributed by atoms with Crippen LogP contribution in [0.3, 0.4) is 0 Å². The largest absolute Gasteiger partial charge is 0.380 e. The van der Waals surface area contributed by atoms with E-state index in [1.165, 1.54) is 6.33 Å². The van der Waals surface area contributed by atoms with Crippen molar-refractivity contribution in [1.82, 2.24) is 29.6 Å². The van der Waals surface area contributed by atoms with E-state index < -0.39 is 11.3 Å². The Morgan fingerprint density at radius 2 is 2.05 bits per heavy atom. The molecule has 10 heteroatoms. The molecule has 0 amide bonds. The molecule has 1 aliphatic heterocycles. The second-order valence-corrected chi connectivity index (χ2v) is 11.2. The fourth-order valence-corrected chi connectivity index (χ4v) is 6.24. The predicted octanol–water partition coefficient (Wildman–Crippen LogP) is 3.92. The molecule has 0 bridgehead atoms. The monoisotopic (exact) mass is 520 g/mol. The lowest BCUT2D eigenvalue weighted by Crippen LogP contribution is -2.51. The number of pyridine rings is 1. The van der Waals surface area contributed by atoms with Gasteiger partial charge in [0.1, 0.15) is 17.7 Å². The zero-order valence-corrected chi connectivity index (χ0v) is 21.2. The predicted molar refractivity (Wildman–Crippen MR) is 138 cm³/mol. The summed E-state index contributed by atoms with van der Waals surface area (Å²) < 4.78 is 37.4. The van der Waals surface area contributed by atoms with Gasteiger partial charge < -0.3 is 19.6 Å². The third-order valence-electron chi connectivity index (χ3n) is 8.35. The Balaban J connectivity index is 1.30. The fraction of sp³-hybridized carbons (Fsp3) is 0.464. The van der Waals surface area contributed by atoms with Crippen LogP contribution in [0.2, 0.25) is 0 Å². The average Bonchev–Trinajstić information content (AvgIpc) is 3.24. The summed E-state index contributed by atoms with van der Waals surface area (Å²) in [5.41, 5.74) is 2.97. The normalized spacial score (nSPS) is 22.1. The van der Waals surface area contributed by atoms with Gasteiger partial charge in [-0.25, -0.2) is 8.78 Å². The summed E-state index contributed by atoms with van der Waals surface area (Å²) >= 11 is 0. The van der Waals surface area contributed by atoms with Gasteiger partial charge in [-0.2, -0.15) is 0 Å². The van der Waals surface area contributed by atoms with Crippen LogP contribution in [0.25, 0.3) is 16.6 Å². The number of alkyl halides is 2. The first-order valence-corrected chi connectivity index (χ1v) is 13.2. The molecule has 4 heterocycles. The minimum absolute atomic E-state index is 0.149. The van der Waals surface area contributed by atoms with Gasteiger partial charge in [0, 0.05) is 62.0 Å². The molecule has 2 aliphatic carbocycles. The van der Waals surface area contributed by atoms with Crippen LogP contribution in [0.5, 0.6) is 0 Å². The van der Waals surface area contributed by atoms with E-state index >= 15 is 0 Å². The third-order valence-corrected chi connectivity index (χ3v) is 8.35.